The molecule has 7 heteroatoms. The Bertz CT molecular complexity index is 474. The monoisotopic (exact) mass is 246 g/mol. The molecule has 88 valence electrons. The van der Waals surface area contributed by atoms with Crippen molar-refractivity contribution in [3.63, 3.8) is 0 Å². The second-order valence-electron chi connectivity index (χ2n) is 3.68. The lowest BCUT2D eigenvalue weighted by Crippen LogP contribution is -2.22. The highest BCUT2D eigenvalue weighted by Crippen LogP contribution is 2.20. The van der Waals surface area contributed by atoms with E-state index in [1.807, 2.05) is 4.90 Å². The second-order valence-corrected chi connectivity index (χ2v) is 5.03. The molecule has 2 rings (SSSR count). The fourth-order valence-electron chi connectivity index (χ4n) is 1.65. The maximum Gasteiger partial charge on any atom is 0.333 e. The molecule has 1 aromatic heterocycles. The van der Waals surface area contributed by atoms with Gasteiger partial charge in [0.1, 0.15) is 10.7 Å². The zero-order valence-corrected chi connectivity index (χ0v) is 9.19. The van der Waals surface area contributed by atoms with Crippen LogP contribution < -0.4 is 4.90 Å². The highest BCUT2D eigenvalue weighted by molar-refractivity contribution is 7.86. The van der Waals surface area contributed by atoms with Crippen LogP contribution in [0.15, 0.2) is 23.2 Å². The number of halogens is 1. The summed E-state index contributed by atoms with van der Waals surface area (Å²) in [7, 11) is -4.68. The van der Waals surface area contributed by atoms with Gasteiger partial charge in [-0.2, -0.15) is 8.42 Å². The normalized spacial score (nSPS) is 21.4. The summed E-state index contributed by atoms with van der Waals surface area (Å²) in [5, 5.41) is 9.32. The van der Waals surface area contributed by atoms with E-state index in [1.165, 1.54) is 12.1 Å². The van der Waals surface area contributed by atoms with E-state index in [-0.39, 0.29) is 6.10 Å². The van der Waals surface area contributed by atoms with Crippen LogP contribution in [-0.4, -0.2) is 37.7 Å². The van der Waals surface area contributed by atoms with Gasteiger partial charge in [0.25, 0.3) is 0 Å². The van der Waals surface area contributed by atoms with Crippen LogP contribution in [0.4, 0.5) is 9.70 Å². The number of aliphatic hydroxyl groups excluding tert-OH is 1. The summed E-state index contributed by atoms with van der Waals surface area (Å²) in [4.78, 5) is 5.23. The van der Waals surface area contributed by atoms with Gasteiger partial charge < -0.3 is 10.0 Å². The highest BCUT2D eigenvalue weighted by Gasteiger charge is 2.21. The summed E-state index contributed by atoms with van der Waals surface area (Å²) in [6.45, 7) is 1.13. The van der Waals surface area contributed by atoms with E-state index in [0.29, 0.717) is 25.3 Å². The molecule has 0 aromatic carbocycles. The molecular formula is C9H11FN2O3S. The first-order valence-corrected chi connectivity index (χ1v) is 6.19. The fraction of sp³-hybridized carbons (Fsp3) is 0.444. The van der Waals surface area contributed by atoms with Crippen molar-refractivity contribution >= 4 is 16.0 Å². The van der Waals surface area contributed by atoms with Gasteiger partial charge in [0, 0.05) is 13.1 Å². The summed E-state index contributed by atoms with van der Waals surface area (Å²) in [6, 6.07) is 2.60. The maximum absolute atomic E-state index is 12.6. The molecule has 1 aliphatic rings. The zero-order chi connectivity index (χ0) is 11.8. The predicted molar refractivity (Wildman–Crippen MR) is 55.4 cm³/mol. The second kappa shape index (κ2) is 3.99. The number of hydrogen-bond donors (Lipinski definition) is 1. The number of β-amino-alcohol motifs (C(OH)–C–C–N with tert-alkyl or cyclic N) is 1. The first kappa shape index (κ1) is 11.3. The number of rotatable bonds is 2. The van der Waals surface area contributed by atoms with E-state index in [0.717, 1.165) is 6.20 Å². The van der Waals surface area contributed by atoms with Gasteiger partial charge in [-0.1, -0.05) is 0 Å². The number of nitrogens with zero attached hydrogens (tertiary/aromatic N) is 2. The largest absolute Gasteiger partial charge is 0.391 e. The molecule has 0 saturated carbocycles. The Morgan fingerprint density at radius 1 is 1.50 bits per heavy atom. The van der Waals surface area contributed by atoms with Crippen molar-refractivity contribution in [3.8, 4) is 0 Å². The minimum atomic E-state index is -4.68. The molecule has 0 radical (unpaired) electrons. The third-order valence-corrected chi connectivity index (χ3v) is 3.29. The molecular weight excluding hydrogens is 235 g/mol. The lowest BCUT2D eigenvalue weighted by Gasteiger charge is -2.16. The zero-order valence-electron chi connectivity index (χ0n) is 8.38. The summed E-state index contributed by atoms with van der Waals surface area (Å²) in [5.41, 5.74) is 0. The van der Waals surface area contributed by atoms with Crippen LogP contribution in [0.25, 0.3) is 0 Å². The molecule has 1 fully saturated rings. The SMILES string of the molecule is O=S(=O)(F)c1ccc(N2CC[C@H](O)C2)nc1. The van der Waals surface area contributed by atoms with Crippen LogP contribution in [0.5, 0.6) is 0 Å². The van der Waals surface area contributed by atoms with Gasteiger partial charge in [0.05, 0.1) is 12.3 Å². The van der Waals surface area contributed by atoms with Gasteiger partial charge in [-0.05, 0) is 18.6 Å². The molecule has 1 saturated heterocycles. The van der Waals surface area contributed by atoms with Crippen LogP contribution in [0, 0.1) is 0 Å². The third-order valence-electron chi connectivity index (χ3n) is 2.49. The van der Waals surface area contributed by atoms with E-state index >= 15 is 0 Å². The summed E-state index contributed by atoms with van der Waals surface area (Å²) < 4.78 is 33.7. The van der Waals surface area contributed by atoms with Crippen LogP contribution in [0.1, 0.15) is 6.42 Å². The van der Waals surface area contributed by atoms with Gasteiger partial charge in [0.15, 0.2) is 0 Å². The van der Waals surface area contributed by atoms with E-state index in [9.17, 15) is 17.4 Å². The molecule has 5 nitrogen and oxygen atoms in total. The van der Waals surface area contributed by atoms with Crippen molar-refractivity contribution in [1.29, 1.82) is 0 Å². The van der Waals surface area contributed by atoms with E-state index < -0.39 is 15.1 Å². The number of anilines is 1. The Morgan fingerprint density at radius 3 is 2.69 bits per heavy atom. The lowest BCUT2D eigenvalue weighted by atomic mass is 10.3. The Labute approximate surface area is 92.7 Å². The topological polar surface area (TPSA) is 70.5 Å². The van der Waals surface area contributed by atoms with Crippen molar-refractivity contribution in [2.24, 2.45) is 0 Å². The number of pyridine rings is 1. The van der Waals surface area contributed by atoms with Gasteiger partial charge in [-0.15, -0.1) is 3.89 Å². The standard InChI is InChI=1S/C9H11FN2O3S/c10-16(14,15)8-1-2-9(11-5-8)12-4-3-7(13)6-12/h1-2,5,7,13H,3-4,6H2/t7-/m0/s1. The molecule has 1 atom stereocenters. The average Bonchev–Trinajstić information content (AvgIpc) is 2.64. The molecule has 0 spiro atoms. The highest BCUT2D eigenvalue weighted by atomic mass is 32.3. The number of hydrogen-bond acceptors (Lipinski definition) is 5. The van der Waals surface area contributed by atoms with Crippen LogP contribution >= 0.6 is 0 Å². The molecule has 16 heavy (non-hydrogen) atoms. The summed E-state index contributed by atoms with van der Waals surface area (Å²) >= 11 is 0. The van der Waals surface area contributed by atoms with Crippen molar-refractivity contribution < 1.29 is 17.4 Å². The predicted octanol–water partition coefficient (Wildman–Crippen LogP) is 0.311. The third kappa shape index (κ3) is 2.30. The number of aromatic nitrogens is 1. The molecule has 1 aliphatic heterocycles. The summed E-state index contributed by atoms with van der Waals surface area (Å²) in [5.74, 6) is 0.545. The van der Waals surface area contributed by atoms with Crippen molar-refractivity contribution in [1.82, 2.24) is 4.98 Å². The molecule has 0 amide bonds. The average molecular weight is 246 g/mol. The molecule has 1 N–H and O–H groups in total. The van der Waals surface area contributed by atoms with Gasteiger partial charge in [0.2, 0.25) is 0 Å². The Morgan fingerprint density at radius 2 is 2.25 bits per heavy atom. The smallest absolute Gasteiger partial charge is 0.333 e. The Balaban J connectivity index is 2.20. The van der Waals surface area contributed by atoms with E-state index in [4.69, 9.17) is 0 Å². The van der Waals surface area contributed by atoms with Crippen LogP contribution in [0.2, 0.25) is 0 Å². The first-order valence-electron chi connectivity index (χ1n) is 4.80. The lowest BCUT2D eigenvalue weighted by molar-refractivity contribution is 0.198. The van der Waals surface area contributed by atoms with Crippen LogP contribution in [0.3, 0.4) is 0 Å². The van der Waals surface area contributed by atoms with E-state index in [1.54, 1.807) is 0 Å². The first-order chi connectivity index (χ1) is 7.47. The Hall–Kier alpha value is -1.21. The van der Waals surface area contributed by atoms with Crippen LogP contribution in [-0.2, 0) is 10.2 Å². The van der Waals surface area contributed by atoms with Crippen molar-refractivity contribution in [2.75, 3.05) is 18.0 Å². The van der Waals surface area contributed by atoms with Crippen molar-refractivity contribution in [3.05, 3.63) is 18.3 Å². The number of aliphatic hydroxyl groups is 1. The van der Waals surface area contributed by atoms with E-state index in [2.05, 4.69) is 4.98 Å². The molecule has 0 bridgehead atoms. The van der Waals surface area contributed by atoms with Gasteiger partial charge >= 0.3 is 10.2 Å². The Kier molecular flexibility index (Phi) is 2.81. The quantitative estimate of drug-likeness (QED) is 0.760. The van der Waals surface area contributed by atoms with Gasteiger partial charge in [-0.25, -0.2) is 4.98 Å². The fourth-order valence-corrected chi connectivity index (χ4v) is 2.06. The minimum Gasteiger partial charge on any atom is -0.391 e. The molecule has 0 unspecified atom stereocenters. The molecule has 1 aromatic rings. The van der Waals surface area contributed by atoms with Gasteiger partial charge in [-0.3, -0.25) is 0 Å². The molecule has 0 aliphatic carbocycles. The van der Waals surface area contributed by atoms with Crippen molar-refractivity contribution in [2.45, 2.75) is 17.4 Å². The summed E-state index contributed by atoms with van der Waals surface area (Å²) in [6.07, 6.45) is 1.26. The minimum absolute atomic E-state index is 0.383. The molecule has 2 heterocycles. The maximum atomic E-state index is 12.6.